The van der Waals surface area contributed by atoms with E-state index in [1.54, 1.807) is 0 Å². The van der Waals surface area contributed by atoms with E-state index in [-0.39, 0.29) is 4.57 Å². The topological polar surface area (TPSA) is 111 Å². The van der Waals surface area contributed by atoms with Crippen molar-refractivity contribution in [1.29, 1.82) is 0 Å². The maximum absolute atomic E-state index is 14.0. The molecule has 7 nitrogen and oxygen atoms in total. The lowest BCUT2D eigenvalue weighted by Gasteiger charge is -2.28. The maximum Gasteiger partial charge on any atom is 0.351 e. The van der Waals surface area contributed by atoms with Gasteiger partial charge in [0.2, 0.25) is 0 Å². The zero-order valence-corrected chi connectivity index (χ0v) is 10.3. The molecule has 1 aromatic rings. The highest BCUT2D eigenvalue weighted by molar-refractivity contribution is 5.26. The molecule has 0 spiro atoms. The molecule has 1 saturated heterocycles. The molecule has 4 atom stereocenters. The number of halogens is 4. The Bertz CT molecular complexity index is 598. The number of aliphatic hydroxyl groups excluding tert-OH is 2. The Morgan fingerprint density at radius 1 is 1.57 bits per heavy atom. The predicted molar refractivity (Wildman–Crippen MR) is 59.7 cm³/mol. The van der Waals surface area contributed by atoms with Crippen LogP contribution in [0.25, 0.3) is 0 Å². The second-order valence-electron chi connectivity index (χ2n) is 4.48. The molecule has 0 aliphatic carbocycles. The number of ether oxygens (including phenoxy) is 1. The zero-order chi connectivity index (χ0) is 15.9. The first-order valence-electron chi connectivity index (χ1n) is 5.67. The van der Waals surface area contributed by atoms with Crippen molar-refractivity contribution in [3.8, 4) is 0 Å². The first-order chi connectivity index (χ1) is 9.74. The van der Waals surface area contributed by atoms with Gasteiger partial charge in [0.15, 0.2) is 29.6 Å². The van der Waals surface area contributed by atoms with Crippen molar-refractivity contribution >= 4 is 5.82 Å². The molecule has 1 aliphatic heterocycles. The number of nitrogen functional groups attached to an aromatic ring is 1. The van der Waals surface area contributed by atoms with Crippen molar-refractivity contribution in [2.75, 3.05) is 12.3 Å². The molecule has 4 N–H and O–H groups in total. The lowest BCUT2D eigenvalue weighted by Crippen LogP contribution is -2.51. The molecular weight excluding hydrogens is 302 g/mol. The first-order valence-corrected chi connectivity index (χ1v) is 5.67. The van der Waals surface area contributed by atoms with Crippen molar-refractivity contribution in [2.24, 2.45) is 0 Å². The summed E-state index contributed by atoms with van der Waals surface area (Å²) in [6, 6.07) is 0. The van der Waals surface area contributed by atoms with Crippen LogP contribution in [0.3, 0.4) is 0 Å². The highest BCUT2D eigenvalue weighted by Crippen LogP contribution is 2.41. The minimum absolute atomic E-state index is 0.249. The number of anilines is 1. The van der Waals surface area contributed by atoms with E-state index in [2.05, 4.69) is 9.72 Å². The van der Waals surface area contributed by atoms with Crippen molar-refractivity contribution in [2.45, 2.75) is 30.5 Å². The first kappa shape index (κ1) is 15.7. The molecule has 1 aliphatic rings. The Morgan fingerprint density at radius 2 is 2.19 bits per heavy atom. The standard InChI is InChI=1S/C10H11F4N3O4/c11-3-1-17(9(20)16-6(3)15)7-4(12)5(19)10(2-18,21-7)8(13)14/h1,4-5,7-8,18-19H,2H2,(H2,15,16,20)/t4?,5?,7-,10-/m1/s1. The van der Waals surface area contributed by atoms with E-state index in [9.17, 15) is 27.5 Å². The summed E-state index contributed by atoms with van der Waals surface area (Å²) < 4.78 is 58.0. The van der Waals surface area contributed by atoms with Crippen LogP contribution in [0.4, 0.5) is 23.4 Å². The van der Waals surface area contributed by atoms with Crippen LogP contribution in [-0.2, 0) is 4.74 Å². The van der Waals surface area contributed by atoms with Gasteiger partial charge in [-0.3, -0.25) is 4.57 Å². The molecule has 0 saturated carbocycles. The number of nitrogens with zero attached hydrogens (tertiary/aromatic N) is 2. The molecule has 1 fully saturated rings. The van der Waals surface area contributed by atoms with E-state index in [0.29, 0.717) is 6.20 Å². The van der Waals surface area contributed by atoms with Gasteiger partial charge >= 0.3 is 5.69 Å². The van der Waals surface area contributed by atoms with Gasteiger partial charge in [-0.2, -0.15) is 4.98 Å². The molecule has 21 heavy (non-hydrogen) atoms. The normalized spacial score (nSPS) is 32.8. The summed E-state index contributed by atoms with van der Waals surface area (Å²) in [5.74, 6) is -1.95. The average Bonchev–Trinajstić information content (AvgIpc) is 2.68. The zero-order valence-electron chi connectivity index (χ0n) is 10.3. The number of aliphatic hydroxyl groups is 2. The van der Waals surface area contributed by atoms with E-state index in [0.717, 1.165) is 0 Å². The summed E-state index contributed by atoms with van der Waals surface area (Å²) in [7, 11) is 0. The van der Waals surface area contributed by atoms with Gasteiger partial charge in [0.1, 0.15) is 6.10 Å². The van der Waals surface area contributed by atoms with Crippen LogP contribution in [-0.4, -0.2) is 50.7 Å². The third-order valence-electron chi connectivity index (χ3n) is 3.24. The van der Waals surface area contributed by atoms with Crippen LogP contribution in [0.1, 0.15) is 6.23 Å². The fourth-order valence-corrected chi connectivity index (χ4v) is 2.02. The predicted octanol–water partition coefficient (Wildman–Crippen LogP) is -0.811. The van der Waals surface area contributed by atoms with E-state index in [1.807, 2.05) is 0 Å². The van der Waals surface area contributed by atoms with Crippen molar-refractivity contribution in [1.82, 2.24) is 9.55 Å². The minimum Gasteiger partial charge on any atom is -0.393 e. The Labute approximate surface area is 114 Å². The van der Waals surface area contributed by atoms with Crippen molar-refractivity contribution < 1.29 is 32.5 Å². The Balaban J connectivity index is 2.47. The van der Waals surface area contributed by atoms with Crippen molar-refractivity contribution in [3.05, 3.63) is 22.5 Å². The van der Waals surface area contributed by atoms with Gasteiger partial charge in [-0.25, -0.2) is 22.4 Å². The highest BCUT2D eigenvalue weighted by atomic mass is 19.3. The summed E-state index contributed by atoms with van der Waals surface area (Å²) in [6.45, 7) is -1.40. The van der Waals surface area contributed by atoms with E-state index < -0.39 is 54.5 Å². The molecule has 11 heteroatoms. The van der Waals surface area contributed by atoms with E-state index in [4.69, 9.17) is 10.8 Å². The molecule has 0 bridgehead atoms. The van der Waals surface area contributed by atoms with Crippen LogP contribution in [0.2, 0.25) is 0 Å². The van der Waals surface area contributed by atoms with Gasteiger partial charge in [0, 0.05) is 0 Å². The van der Waals surface area contributed by atoms with Crippen molar-refractivity contribution in [3.63, 3.8) is 0 Å². The summed E-state index contributed by atoms with van der Waals surface area (Å²) in [5, 5.41) is 18.5. The van der Waals surface area contributed by atoms with Gasteiger partial charge in [-0.1, -0.05) is 0 Å². The average molecular weight is 313 g/mol. The molecule has 1 aromatic heterocycles. The van der Waals surface area contributed by atoms with Gasteiger partial charge in [0.25, 0.3) is 6.43 Å². The fourth-order valence-electron chi connectivity index (χ4n) is 2.02. The number of alkyl halides is 3. The molecule has 0 amide bonds. The van der Waals surface area contributed by atoms with E-state index in [1.165, 1.54) is 0 Å². The van der Waals surface area contributed by atoms with Crippen LogP contribution >= 0.6 is 0 Å². The molecule has 0 radical (unpaired) electrons. The quantitative estimate of drug-likeness (QED) is 0.629. The van der Waals surface area contributed by atoms with Gasteiger partial charge in [-0.15, -0.1) is 0 Å². The molecular formula is C10H11F4N3O4. The second kappa shape index (κ2) is 5.24. The number of hydrogen-bond donors (Lipinski definition) is 3. The molecule has 2 heterocycles. The summed E-state index contributed by atoms with van der Waals surface area (Å²) in [4.78, 5) is 14.6. The van der Waals surface area contributed by atoms with Gasteiger partial charge in [0.05, 0.1) is 12.8 Å². The SMILES string of the molecule is Nc1nc(=O)n([C@@H]2O[C@@](CO)(C(F)F)C(O)C2F)cc1F. The summed E-state index contributed by atoms with van der Waals surface area (Å²) in [5.41, 5.74) is 0.866. The van der Waals surface area contributed by atoms with Crippen LogP contribution in [0, 0.1) is 5.82 Å². The summed E-state index contributed by atoms with van der Waals surface area (Å²) in [6.07, 6.45) is -10.0. The fraction of sp³-hybridized carbons (Fsp3) is 0.600. The largest absolute Gasteiger partial charge is 0.393 e. The number of hydrogen-bond acceptors (Lipinski definition) is 6. The molecule has 0 aromatic carbocycles. The van der Waals surface area contributed by atoms with Crippen LogP contribution in [0.5, 0.6) is 0 Å². The molecule has 2 rings (SSSR count). The third-order valence-corrected chi connectivity index (χ3v) is 3.24. The summed E-state index contributed by atoms with van der Waals surface area (Å²) >= 11 is 0. The smallest absolute Gasteiger partial charge is 0.351 e. The Morgan fingerprint density at radius 3 is 2.67 bits per heavy atom. The van der Waals surface area contributed by atoms with Crippen LogP contribution in [0.15, 0.2) is 11.0 Å². The molecule has 2 unspecified atom stereocenters. The third kappa shape index (κ3) is 2.26. The number of rotatable bonds is 3. The Kier molecular flexibility index (Phi) is 3.91. The lowest BCUT2D eigenvalue weighted by molar-refractivity contribution is -0.196. The lowest BCUT2D eigenvalue weighted by atomic mass is 9.97. The second-order valence-corrected chi connectivity index (χ2v) is 4.48. The maximum atomic E-state index is 14.0. The molecule has 118 valence electrons. The van der Waals surface area contributed by atoms with E-state index >= 15 is 0 Å². The van der Waals surface area contributed by atoms with Gasteiger partial charge in [-0.05, 0) is 0 Å². The monoisotopic (exact) mass is 313 g/mol. The highest BCUT2D eigenvalue weighted by Gasteiger charge is 2.61. The minimum atomic E-state index is -3.44. The van der Waals surface area contributed by atoms with Gasteiger partial charge < -0.3 is 20.7 Å². The van der Waals surface area contributed by atoms with Crippen LogP contribution < -0.4 is 11.4 Å². The number of aromatic nitrogens is 2. The Hall–Kier alpha value is -1.72. The number of nitrogens with two attached hydrogens (primary N) is 1.